The molecule has 0 unspecified atom stereocenters. The number of Topliss-reactive ketones (excluding diaryl/α,β-unsaturated/α-hetero) is 1. The summed E-state index contributed by atoms with van der Waals surface area (Å²) in [4.78, 5) is 39.0. The molecule has 0 aromatic heterocycles. The molecule has 0 aliphatic carbocycles. The van der Waals surface area contributed by atoms with Gasteiger partial charge < -0.3 is 10.6 Å². The van der Waals surface area contributed by atoms with Crippen LogP contribution in [0.3, 0.4) is 0 Å². The highest BCUT2D eigenvalue weighted by Gasteiger charge is 2.73. The van der Waals surface area contributed by atoms with E-state index in [4.69, 9.17) is 5.73 Å². The number of halogens is 7. The van der Waals surface area contributed by atoms with Gasteiger partial charge in [0.25, 0.3) is 5.91 Å². The number of anilines is 1. The van der Waals surface area contributed by atoms with Gasteiger partial charge in [0, 0.05) is 41.8 Å². The number of carbonyl (C=O) groups excluding carboxylic acids is 3. The molecule has 41 heavy (non-hydrogen) atoms. The van der Waals surface area contributed by atoms with Crippen LogP contribution in [-0.4, -0.2) is 36.5 Å². The largest absolute Gasteiger partial charge is 0.435 e. The van der Waals surface area contributed by atoms with Crippen molar-refractivity contribution in [1.29, 1.82) is 0 Å². The van der Waals surface area contributed by atoms with E-state index in [-0.39, 0.29) is 40.9 Å². The molecule has 218 valence electrons. The molecule has 3 rings (SSSR count). The molecule has 0 fully saturated rings. The van der Waals surface area contributed by atoms with Crippen LogP contribution in [0.15, 0.2) is 66.7 Å². The summed E-state index contributed by atoms with van der Waals surface area (Å²) in [6.45, 7) is 2.28. The zero-order valence-electron chi connectivity index (χ0n) is 21.9. The highest BCUT2D eigenvalue weighted by Crippen LogP contribution is 2.53. The lowest BCUT2D eigenvalue weighted by molar-refractivity contribution is -0.348. The minimum Gasteiger partial charge on any atom is -0.370 e. The standard InChI is InChI=1S/C29H25F7N2O3/c1-17-13-21(27(30,28(31,32)33)29(34,35)36)14-18(2)23(17)16-24(39)20-9-6-10-22(15-20)38(12-11-25(37)40)26(41)19-7-4-3-5-8-19/h3-10,13-15H,11-12,16H2,1-2H3,(H2,37,40). The Bertz CT molecular complexity index is 1410. The highest BCUT2D eigenvalue weighted by molar-refractivity contribution is 6.07. The zero-order chi connectivity index (χ0) is 30.8. The van der Waals surface area contributed by atoms with Gasteiger partial charge in [-0.15, -0.1) is 0 Å². The van der Waals surface area contributed by atoms with Crippen LogP contribution in [0.5, 0.6) is 0 Å². The molecule has 0 saturated carbocycles. The first-order chi connectivity index (χ1) is 19.0. The molecule has 0 heterocycles. The lowest BCUT2D eigenvalue weighted by Crippen LogP contribution is -2.50. The second kappa shape index (κ2) is 11.7. The number of rotatable bonds is 9. The fraction of sp³-hybridized carbons (Fsp3) is 0.276. The smallest absolute Gasteiger partial charge is 0.370 e. The van der Waals surface area contributed by atoms with Crippen molar-refractivity contribution in [3.05, 3.63) is 100 Å². The summed E-state index contributed by atoms with van der Waals surface area (Å²) >= 11 is 0. The number of alkyl halides is 7. The Morgan fingerprint density at radius 1 is 0.756 bits per heavy atom. The van der Waals surface area contributed by atoms with Gasteiger partial charge in [0.15, 0.2) is 5.78 Å². The third kappa shape index (κ3) is 6.58. The fourth-order valence-electron chi connectivity index (χ4n) is 4.38. The van der Waals surface area contributed by atoms with Gasteiger partial charge in [-0.3, -0.25) is 14.4 Å². The van der Waals surface area contributed by atoms with Crippen molar-refractivity contribution in [1.82, 2.24) is 0 Å². The molecular formula is C29H25F7N2O3. The van der Waals surface area contributed by atoms with Crippen LogP contribution in [0.1, 0.15) is 49.4 Å². The van der Waals surface area contributed by atoms with E-state index >= 15 is 0 Å². The second-order valence-electron chi connectivity index (χ2n) is 9.43. The van der Waals surface area contributed by atoms with E-state index in [1.807, 2.05) is 0 Å². The lowest BCUT2D eigenvalue weighted by atomic mass is 9.87. The number of hydrogen-bond acceptors (Lipinski definition) is 3. The minimum atomic E-state index is -6.26. The summed E-state index contributed by atoms with van der Waals surface area (Å²) in [6, 6.07) is 14.8. The van der Waals surface area contributed by atoms with E-state index in [0.717, 1.165) is 0 Å². The van der Waals surface area contributed by atoms with Crippen LogP contribution in [0, 0.1) is 13.8 Å². The van der Waals surface area contributed by atoms with Gasteiger partial charge >= 0.3 is 18.0 Å². The Hall–Kier alpha value is -4.22. The number of nitrogens with two attached hydrogens (primary N) is 1. The maximum Gasteiger partial charge on any atom is 0.435 e. The molecular weight excluding hydrogens is 557 g/mol. The van der Waals surface area contributed by atoms with Gasteiger partial charge in [-0.25, -0.2) is 4.39 Å². The Morgan fingerprint density at radius 3 is 1.80 bits per heavy atom. The molecule has 0 saturated heterocycles. The number of carbonyl (C=O) groups is 3. The second-order valence-corrected chi connectivity index (χ2v) is 9.43. The zero-order valence-corrected chi connectivity index (χ0v) is 21.9. The van der Waals surface area contributed by atoms with E-state index in [9.17, 15) is 45.1 Å². The van der Waals surface area contributed by atoms with Crippen LogP contribution in [-0.2, 0) is 16.9 Å². The van der Waals surface area contributed by atoms with E-state index in [2.05, 4.69) is 0 Å². The first-order valence-electron chi connectivity index (χ1n) is 12.2. The molecule has 2 N–H and O–H groups in total. The van der Waals surface area contributed by atoms with Gasteiger partial charge in [-0.1, -0.05) is 42.5 Å². The average molecular weight is 583 g/mol. The quantitative estimate of drug-likeness (QED) is 0.230. The van der Waals surface area contributed by atoms with E-state index < -0.39 is 47.6 Å². The van der Waals surface area contributed by atoms with Crippen molar-refractivity contribution in [2.45, 2.75) is 44.7 Å². The molecule has 5 nitrogen and oxygen atoms in total. The third-order valence-corrected chi connectivity index (χ3v) is 6.54. The lowest BCUT2D eigenvalue weighted by Gasteiger charge is -2.31. The number of aryl methyl sites for hydroxylation is 2. The molecule has 3 aromatic carbocycles. The maximum atomic E-state index is 14.6. The van der Waals surface area contributed by atoms with Crippen molar-refractivity contribution >= 4 is 23.3 Å². The van der Waals surface area contributed by atoms with Crippen LogP contribution >= 0.6 is 0 Å². The van der Waals surface area contributed by atoms with Gasteiger partial charge in [0.1, 0.15) is 0 Å². The van der Waals surface area contributed by atoms with E-state index in [1.165, 1.54) is 43.0 Å². The number of amides is 2. The minimum absolute atomic E-state index is 0.0840. The molecule has 0 radical (unpaired) electrons. The van der Waals surface area contributed by atoms with Crippen LogP contribution in [0.4, 0.5) is 36.4 Å². The van der Waals surface area contributed by atoms with E-state index in [1.54, 1.807) is 30.3 Å². The fourth-order valence-corrected chi connectivity index (χ4v) is 4.38. The summed E-state index contributed by atoms with van der Waals surface area (Å²) < 4.78 is 94.1. The summed E-state index contributed by atoms with van der Waals surface area (Å²) in [5.41, 5.74) is -1.46. The molecule has 0 aliphatic rings. The van der Waals surface area contributed by atoms with Crippen LogP contribution in [0.2, 0.25) is 0 Å². The van der Waals surface area contributed by atoms with Gasteiger partial charge in [0.05, 0.1) is 0 Å². The maximum absolute atomic E-state index is 14.6. The SMILES string of the molecule is Cc1cc(C(F)(C(F)(F)F)C(F)(F)F)cc(C)c1CC(=O)c1cccc(N(CCC(N)=O)C(=O)c2ccccc2)c1. The first kappa shape index (κ1) is 31.3. The van der Waals surface area contributed by atoms with Gasteiger partial charge in [0.2, 0.25) is 5.91 Å². The van der Waals surface area contributed by atoms with Gasteiger partial charge in [-0.2, -0.15) is 26.3 Å². The predicted octanol–water partition coefficient (Wildman–Crippen LogP) is 6.54. The summed E-state index contributed by atoms with van der Waals surface area (Å²) in [5.74, 6) is -1.69. The molecule has 0 spiro atoms. The Balaban J connectivity index is 1.96. The predicted molar refractivity (Wildman–Crippen MR) is 137 cm³/mol. The topological polar surface area (TPSA) is 80.5 Å². The van der Waals surface area contributed by atoms with Crippen molar-refractivity contribution in [3.63, 3.8) is 0 Å². The van der Waals surface area contributed by atoms with Crippen molar-refractivity contribution in [3.8, 4) is 0 Å². The Kier molecular flexibility index (Phi) is 8.95. The van der Waals surface area contributed by atoms with Crippen molar-refractivity contribution in [2.24, 2.45) is 5.73 Å². The van der Waals surface area contributed by atoms with Crippen molar-refractivity contribution in [2.75, 3.05) is 11.4 Å². The monoisotopic (exact) mass is 582 g/mol. The normalized spacial score (nSPS) is 12.2. The molecule has 12 heteroatoms. The third-order valence-electron chi connectivity index (χ3n) is 6.54. The number of ketones is 1. The van der Waals surface area contributed by atoms with E-state index in [0.29, 0.717) is 17.7 Å². The molecule has 2 amide bonds. The summed E-state index contributed by atoms with van der Waals surface area (Å²) in [7, 11) is 0. The van der Waals surface area contributed by atoms with Crippen molar-refractivity contribution < 1.29 is 45.1 Å². The summed E-state index contributed by atoms with van der Waals surface area (Å²) in [5, 5.41) is 0. The Morgan fingerprint density at radius 2 is 1.29 bits per heavy atom. The molecule has 3 aromatic rings. The van der Waals surface area contributed by atoms with Crippen LogP contribution in [0.25, 0.3) is 0 Å². The van der Waals surface area contributed by atoms with Gasteiger partial charge in [-0.05, 0) is 54.8 Å². The molecule has 0 bridgehead atoms. The number of hydrogen-bond donors (Lipinski definition) is 1. The molecule has 0 atom stereocenters. The molecule has 0 aliphatic heterocycles. The Labute approximate surface area is 230 Å². The van der Waals surface area contributed by atoms with Crippen LogP contribution < -0.4 is 10.6 Å². The summed E-state index contributed by atoms with van der Waals surface area (Å²) in [6.07, 6.45) is -13.1. The highest BCUT2D eigenvalue weighted by atomic mass is 19.4. The number of benzene rings is 3. The number of nitrogens with zero attached hydrogens (tertiary/aromatic N) is 1. The number of primary amides is 1. The first-order valence-corrected chi connectivity index (χ1v) is 12.2. The average Bonchev–Trinajstić information content (AvgIpc) is 2.89.